The maximum atomic E-state index is 13.4. The Labute approximate surface area is 177 Å². The zero-order chi connectivity index (χ0) is 21.1. The van der Waals surface area contributed by atoms with E-state index in [-0.39, 0.29) is 18.0 Å². The van der Waals surface area contributed by atoms with Crippen LogP contribution in [0.2, 0.25) is 0 Å². The standard InChI is InChI=1S/C24H29N3O3/c1-3-24(19-9-6-5-7-10-19)22(28)27(23(29)25-24)17-26-16-8-11-21(26)18-12-14-20(15-13-18)30-4-2/h5-7,9-10,12-15,21H,3-4,8,11,16-17H2,1-2H3,(H,25,29)/p+1/t21-,24-/m1/s1. The Kier molecular flexibility index (Phi) is 5.77. The Morgan fingerprint density at radius 1 is 1.10 bits per heavy atom. The van der Waals surface area contributed by atoms with E-state index in [9.17, 15) is 9.59 Å². The van der Waals surface area contributed by atoms with E-state index in [0.717, 1.165) is 30.7 Å². The Morgan fingerprint density at radius 3 is 2.50 bits per heavy atom. The van der Waals surface area contributed by atoms with Gasteiger partial charge in [-0.05, 0) is 43.2 Å². The maximum Gasteiger partial charge on any atom is 0.329 e. The number of ether oxygens (including phenoxy) is 1. The number of quaternary nitrogens is 1. The van der Waals surface area contributed by atoms with Crippen LogP contribution in [-0.2, 0) is 10.3 Å². The largest absolute Gasteiger partial charge is 0.494 e. The first-order valence-electron chi connectivity index (χ1n) is 10.9. The first kappa shape index (κ1) is 20.4. The van der Waals surface area contributed by atoms with E-state index in [2.05, 4.69) is 17.4 Å². The van der Waals surface area contributed by atoms with Crippen molar-refractivity contribution in [2.75, 3.05) is 19.8 Å². The quantitative estimate of drug-likeness (QED) is 0.693. The van der Waals surface area contributed by atoms with Crippen LogP contribution < -0.4 is 15.0 Å². The minimum atomic E-state index is -0.966. The molecule has 3 atom stereocenters. The molecule has 0 spiro atoms. The monoisotopic (exact) mass is 408 g/mol. The molecule has 2 heterocycles. The lowest BCUT2D eigenvalue weighted by Crippen LogP contribution is -3.12. The number of benzene rings is 2. The molecule has 3 amide bonds. The van der Waals surface area contributed by atoms with Crippen molar-refractivity contribution in [1.82, 2.24) is 10.2 Å². The van der Waals surface area contributed by atoms with E-state index in [0.29, 0.717) is 19.7 Å². The molecule has 0 saturated carbocycles. The molecule has 0 bridgehead atoms. The summed E-state index contributed by atoms with van der Waals surface area (Å²) in [5.74, 6) is 0.719. The van der Waals surface area contributed by atoms with Crippen LogP contribution in [0.15, 0.2) is 54.6 Å². The molecule has 2 saturated heterocycles. The number of hydrogen-bond acceptors (Lipinski definition) is 3. The van der Waals surface area contributed by atoms with Gasteiger partial charge in [-0.1, -0.05) is 37.3 Å². The third-order valence-electron chi connectivity index (χ3n) is 6.41. The summed E-state index contributed by atoms with van der Waals surface area (Å²) in [6.45, 7) is 5.89. The smallest absolute Gasteiger partial charge is 0.329 e. The summed E-state index contributed by atoms with van der Waals surface area (Å²) in [7, 11) is 0. The van der Waals surface area contributed by atoms with Gasteiger partial charge in [0.2, 0.25) is 0 Å². The molecule has 2 aromatic rings. The summed E-state index contributed by atoms with van der Waals surface area (Å²) in [5, 5.41) is 2.99. The van der Waals surface area contributed by atoms with Gasteiger partial charge < -0.3 is 15.0 Å². The van der Waals surface area contributed by atoms with E-state index in [1.165, 1.54) is 15.4 Å². The fourth-order valence-electron chi connectivity index (χ4n) is 4.80. The number of carbonyl (C=O) groups is 2. The first-order valence-corrected chi connectivity index (χ1v) is 10.9. The second-order valence-corrected chi connectivity index (χ2v) is 8.05. The molecule has 2 aliphatic heterocycles. The van der Waals surface area contributed by atoms with E-state index in [4.69, 9.17) is 4.74 Å². The molecular formula is C24H30N3O3+. The number of hydrogen-bond donors (Lipinski definition) is 2. The molecule has 0 radical (unpaired) electrons. The number of nitrogens with zero attached hydrogens (tertiary/aromatic N) is 1. The highest BCUT2D eigenvalue weighted by atomic mass is 16.5. The second kappa shape index (κ2) is 8.48. The molecule has 2 aliphatic rings. The molecule has 158 valence electrons. The molecule has 0 aliphatic carbocycles. The van der Waals surface area contributed by atoms with Crippen LogP contribution in [0.25, 0.3) is 0 Å². The van der Waals surface area contributed by atoms with Crippen LogP contribution in [0.1, 0.15) is 50.3 Å². The van der Waals surface area contributed by atoms with Crippen LogP contribution in [0.5, 0.6) is 5.75 Å². The number of urea groups is 1. The molecular weight excluding hydrogens is 378 g/mol. The van der Waals surface area contributed by atoms with Crippen LogP contribution in [-0.4, -0.2) is 36.7 Å². The zero-order valence-corrected chi connectivity index (χ0v) is 17.7. The molecule has 6 nitrogen and oxygen atoms in total. The minimum absolute atomic E-state index is 0.147. The van der Waals surface area contributed by atoms with Crippen molar-refractivity contribution in [3.63, 3.8) is 0 Å². The van der Waals surface area contributed by atoms with Crippen LogP contribution >= 0.6 is 0 Å². The van der Waals surface area contributed by atoms with E-state index < -0.39 is 5.54 Å². The average molecular weight is 409 g/mol. The van der Waals surface area contributed by atoms with Gasteiger partial charge in [-0.25, -0.2) is 9.69 Å². The maximum absolute atomic E-state index is 13.4. The van der Waals surface area contributed by atoms with Gasteiger partial charge in [-0.15, -0.1) is 0 Å². The Bertz CT molecular complexity index is 900. The van der Waals surface area contributed by atoms with Gasteiger partial charge in [0, 0.05) is 18.4 Å². The van der Waals surface area contributed by atoms with Crippen molar-refractivity contribution in [2.24, 2.45) is 0 Å². The zero-order valence-electron chi connectivity index (χ0n) is 17.7. The molecule has 2 fully saturated rings. The number of imide groups is 1. The Balaban J connectivity index is 1.53. The van der Waals surface area contributed by atoms with Crippen molar-refractivity contribution < 1.29 is 19.2 Å². The van der Waals surface area contributed by atoms with Crippen molar-refractivity contribution in [3.8, 4) is 5.75 Å². The van der Waals surface area contributed by atoms with Gasteiger partial charge in [0.1, 0.15) is 17.3 Å². The summed E-state index contributed by atoms with van der Waals surface area (Å²) >= 11 is 0. The lowest BCUT2D eigenvalue weighted by molar-refractivity contribution is -0.925. The summed E-state index contributed by atoms with van der Waals surface area (Å²) in [4.78, 5) is 28.9. The molecule has 2 N–H and O–H groups in total. The van der Waals surface area contributed by atoms with E-state index in [1.807, 2.05) is 56.3 Å². The number of carbonyl (C=O) groups excluding carboxylic acids is 2. The van der Waals surface area contributed by atoms with Gasteiger partial charge in [0.15, 0.2) is 6.67 Å². The van der Waals surface area contributed by atoms with Crippen molar-refractivity contribution >= 4 is 11.9 Å². The molecule has 0 aromatic heterocycles. The Morgan fingerprint density at radius 2 is 1.83 bits per heavy atom. The number of likely N-dealkylation sites (tertiary alicyclic amines) is 1. The SMILES string of the molecule is CCOc1ccc([C@H]2CCC[NH+]2CN2C(=O)N[C@](CC)(c3ccccc3)C2=O)cc1. The molecule has 30 heavy (non-hydrogen) atoms. The topological polar surface area (TPSA) is 63.1 Å². The van der Waals surface area contributed by atoms with Crippen LogP contribution in [0.4, 0.5) is 4.79 Å². The third kappa shape index (κ3) is 3.56. The highest BCUT2D eigenvalue weighted by molar-refractivity contribution is 6.07. The van der Waals surface area contributed by atoms with Gasteiger partial charge in [0.05, 0.1) is 13.2 Å². The lowest BCUT2D eigenvalue weighted by atomic mass is 9.87. The van der Waals surface area contributed by atoms with Gasteiger partial charge in [0.25, 0.3) is 5.91 Å². The lowest BCUT2D eigenvalue weighted by Gasteiger charge is -2.28. The molecule has 1 unspecified atom stereocenters. The van der Waals surface area contributed by atoms with Crippen LogP contribution in [0.3, 0.4) is 0 Å². The summed E-state index contributed by atoms with van der Waals surface area (Å²) in [6.07, 6.45) is 2.65. The highest BCUT2D eigenvalue weighted by Gasteiger charge is 2.52. The van der Waals surface area contributed by atoms with Gasteiger partial charge in [-0.3, -0.25) is 4.79 Å². The van der Waals surface area contributed by atoms with E-state index in [1.54, 1.807) is 0 Å². The summed E-state index contributed by atoms with van der Waals surface area (Å²) in [5.41, 5.74) is 1.10. The van der Waals surface area contributed by atoms with Gasteiger partial charge in [-0.2, -0.15) is 0 Å². The predicted molar refractivity (Wildman–Crippen MR) is 114 cm³/mol. The first-order chi connectivity index (χ1) is 14.6. The molecule has 2 aromatic carbocycles. The van der Waals surface area contributed by atoms with E-state index >= 15 is 0 Å². The third-order valence-corrected chi connectivity index (χ3v) is 6.41. The Hall–Kier alpha value is -2.86. The van der Waals surface area contributed by atoms with Crippen molar-refractivity contribution in [2.45, 2.75) is 44.7 Å². The highest BCUT2D eigenvalue weighted by Crippen LogP contribution is 2.32. The fourth-order valence-corrected chi connectivity index (χ4v) is 4.80. The fraction of sp³-hybridized carbons (Fsp3) is 0.417. The van der Waals surface area contributed by atoms with Gasteiger partial charge >= 0.3 is 6.03 Å². The van der Waals surface area contributed by atoms with Crippen molar-refractivity contribution in [3.05, 3.63) is 65.7 Å². The number of rotatable bonds is 7. The summed E-state index contributed by atoms with van der Waals surface area (Å²) in [6, 6.07) is 17.7. The normalized spacial score (nSPS) is 26.1. The predicted octanol–water partition coefficient (Wildman–Crippen LogP) is 2.62. The minimum Gasteiger partial charge on any atom is -0.494 e. The second-order valence-electron chi connectivity index (χ2n) is 8.05. The van der Waals surface area contributed by atoms with Crippen LogP contribution in [0, 0.1) is 0 Å². The molecule has 6 heteroatoms. The summed E-state index contributed by atoms with van der Waals surface area (Å²) < 4.78 is 5.55. The number of nitrogens with one attached hydrogen (secondary N) is 2. The van der Waals surface area contributed by atoms with Crippen molar-refractivity contribution in [1.29, 1.82) is 0 Å². The molecule has 4 rings (SSSR count). The average Bonchev–Trinajstić information content (AvgIpc) is 3.34. The number of amides is 3.